The quantitative estimate of drug-likeness (QED) is 0.393. The molecule has 0 saturated carbocycles. The molecule has 0 saturated heterocycles. The summed E-state index contributed by atoms with van der Waals surface area (Å²) in [7, 11) is 0. The van der Waals surface area contributed by atoms with E-state index in [0.717, 1.165) is 12.8 Å². The van der Waals surface area contributed by atoms with E-state index < -0.39 is 11.9 Å². The lowest BCUT2D eigenvalue weighted by Gasteiger charge is -2.15. The number of nitrogens with two attached hydrogens (primary N) is 2. The standard InChI is InChI=1S/C8H19N3O2/c1-6(3-2-4-12)11-5-7(9)8(10)13/h6-7,11-12H,2-5,9H2,1H3,(H2,10,13). The Morgan fingerprint density at radius 2 is 2.23 bits per heavy atom. The molecule has 2 atom stereocenters. The number of rotatable bonds is 7. The van der Waals surface area contributed by atoms with Crippen molar-refractivity contribution in [1.29, 1.82) is 0 Å². The van der Waals surface area contributed by atoms with E-state index in [2.05, 4.69) is 5.32 Å². The second kappa shape index (κ2) is 6.82. The second-order valence-electron chi connectivity index (χ2n) is 3.18. The fourth-order valence-electron chi connectivity index (χ4n) is 0.928. The number of aliphatic hydroxyl groups excluding tert-OH is 1. The zero-order valence-corrected chi connectivity index (χ0v) is 7.99. The monoisotopic (exact) mass is 189 g/mol. The zero-order valence-electron chi connectivity index (χ0n) is 7.99. The van der Waals surface area contributed by atoms with Crippen molar-refractivity contribution in [2.45, 2.75) is 31.8 Å². The Kier molecular flexibility index (Phi) is 6.48. The average molecular weight is 189 g/mol. The molecule has 0 aliphatic carbocycles. The third-order valence-electron chi connectivity index (χ3n) is 1.85. The van der Waals surface area contributed by atoms with Gasteiger partial charge in [0.15, 0.2) is 0 Å². The van der Waals surface area contributed by atoms with Gasteiger partial charge in [0.05, 0.1) is 6.04 Å². The van der Waals surface area contributed by atoms with Crippen LogP contribution < -0.4 is 16.8 Å². The summed E-state index contributed by atoms with van der Waals surface area (Å²) in [6.07, 6.45) is 1.61. The third kappa shape index (κ3) is 6.51. The SMILES string of the molecule is CC(CCCO)NCC(N)C(N)=O. The summed E-state index contributed by atoms with van der Waals surface area (Å²) in [6.45, 7) is 2.55. The number of amides is 1. The number of carbonyl (C=O) groups excluding carboxylic acids is 1. The number of hydrogen-bond donors (Lipinski definition) is 4. The van der Waals surface area contributed by atoms with Crippen molar-refractivity contribution in [3.63, 3.8) is 0 Å². The molecule has 0 radical (unpaired) electrons. The lowest BCUT2D eigenvalue weighted by atomic mass is 10.2. The molecule has 0 spiro atoms. The molecule has 0 aromatic carbocycles. The van der Waals surface area contributed by atoms with Gasteiger partial charge in [0.2, 0.25) is 5.91 Å². The largest absolute Gasteiger partial charge is 0.396 e. The van der Waals surface area contributed by atoms with Crippen LogP contribution in [-0.2, 0) is 4.79 Å². The molecule has 5 heteroatoms. The topological polar surface area (TPSA) is 101 Å². The van der Waals surface area contributed by atoms with Gasteiger partial charge in [0.25, 0.3) is 0 Å². The highest BCUT2D eigenvalue weighted by molar-refractivity contribution is 5.79. The van der Waals surface area contributed by atoms with Crippen LogP contribution in [0.1, 0.15) is 19.8 Å². The molecule has 78 valence electrons. The molecule has 2 unspecified atom stereocenters. The molecule has 0 rings (SSSR count). The molecule has 13 heavy (non-hydrogen) atoms. The lowest BCUT2D eigenvalue weighted by Crippen LogP contribution is -2.46. The van der Waals surface area contributed by atoms with Crippen molar-refractivity contribution >= 4 is 5.91 Å². The lowest BCUT2D eigenvalue weighted by molar-refractivity contribution is -0.119. The number of hydrogen-bond acceptors (Lipinski definition) is 4. The Bertz CT molecular complexity index is 152. The molecular formula is C8H19N3O2. The summed E-state index contributed by atoms with van der Waals surface area (Å²) in [6, 6.07) is -0.380. The molecule has 5 nitrogen and oxygen atoms in total. The molecule has 0 aromatic rings. The number of carbonyl (C=O) groups is 1. The highest BCUT2D eigenvalue weighted by Crippen LogP contribution is 1.94. The van der Waals surface area contributed by atoms with E-state index in [1.165, 1.54) is 0 Å². The molecule has 6 N–H and O–H groups in total. The van der Waals surface area contributed by atoms with Crippen LogP contribution in [0.25, 0.3) is 0 Å². The van der Waals surface area contributed by atoms with Crippen molar-refractivity contribution in [3.05, 3.63) is 0 Å². The molecule has 0 bridgehead atoms. The van der Waals surface area contributed by atoms with Gasteiger partial charge in [-0.3, -0.25) is 4.79 Å². The van der Waals surface area contributed by atoms with Crippen LogP contribution in [0.2, 0.25) is 0 Å². The smallest absolute Gasteiger partial charge is 0.235 e. The van der Waals surface area contributed by atoms with Gasteiger partial charge < -0.3 is 21.9 Å². The van der Waals surface area contributed by atoms with Crippen LogP contribution in [0.15, 0.2) is 0 Å². The molecule has 0 fully saturated rings. The van der Waals surface area contributed by atoms with Gasteiger partial charge in [-0.15, -0.1) is 0 Å². The Hall–Kier alpha value is -0.650. The third-order valence-corrected chi connectivity index (χ3v) is 1.85. The maximum absolute atomic E-state index is 10.5. The minimum atomic E-state index is -0.628. The van der Waals surface area contributed by atoms with Crippen molar-refractivity contribution in [2.24, 2.45) is 11.5 Å². The number of primary amides is 1. The summed E-state index contributed by atoms with van der Waals surface area (Å²) < 4.78 is 0. The minimum absolute atomic E-state index is 0.188. The molecular weight excluding hydrogens is 170 g/mol. The zero-order chi connectivity index (χ0) is 10.3. The first kappa shape index (κ1) is 12.3. The van der Waals surface area contributed by atoms with E-state index in [4.69, 9.17) is 16.6 Å². The van der Waals surface area contributed by atoms with Crippen LogP contribution in [0.5, 0.6) is 0 Å². The molecule has 0 aromatic heterocycles. The summed E-state index contributed by atoms with van der Waals surface area (Å²) in [5.41, 5.74) is 10.4. The van der Waals surface area contributed by atoms with Gasteiger partial charge in [-0.1, -0.05) is 0 Å². The first-order chi connectivity index (χ1) is 6.07. The summed E-state index contributed by atoms with van der Waals surface area (Å²) >= 11 is 0. The summed E-state index contributed by atoms with van der Waals surface area (Å²) in [5, 5.41) is 11.6. The minimum Gasteiger partial charge on any atom is -0.396 e. The van der Waals surface area contributed by atoms with Crippen molar-refractivity contribution in [1.82, 2.24) is 5.32 Å². The maximum Gasteiger partial charge on any atom is 0.235 e. The summed E-state index contributed by atoms with van der Waals surface area (Å²) in [5.74, 6) is -0.498. The summed E-state index contributed by atoms with van der Waals surface area (Å²) in [4.78, 5) is 10.5. The highest BCUT2D eigenvalue weighted by atomic mass is 16.2. The maximum atomic E-state index is 10.5. The van der Waals surface area contributed by atoms with Gasteiger partial charge >= 0.3 is 0 Å². The highest BCUT2D eigenvalue weighted by Gasteiger charge is 2.09. The van der Waals surface area contributed by atoms with Crippen LogP contribution in [-0.4, -0.2) is 36.2 Å². The van der Waals surface area contributed by atoms with E-state index in [1.807, 2.05) is 6.92 Å². The number of nitrogens with one attached hydrogen (secondary N) is 1. The van der Waals surface area contributed by atoms with Crippen molar-refractivity contribution in [2.75, 3.05) is 13.2 Å². The Labute approximate surface area is 78.5 Å². The fraction of sp³-hybridized carbons (Fsp3) is 0.875. The first-order valence-electron chi connectivity index (χ1n) is 4.47. The molecule has 1 amide bonds. The second-order valence-corrected chi connectivity index (χ2v) is 3.18. The predicted octanol–water partition coefficient (Wildman–Crippen LogP) is -1.45. The predicted molar refractivity (Wildman–Crippen MR) is 51.0 cm³/mol. The van der Waals surface area contributed by atoms with Crippen LogP contribution in [0.3, 0.4) is 0 Å². The van der Waals surface area contributed by atoms with E-state index >= 15 is 0 Å². The Balaban J connectivity index is 3.45. The van der Waals surface area contributed by atoms with Gasteiger partial charge in [-0.2, -0.15) is 0 Å². The van der Waals surface area contributed by atoms with Crippen LogP contribution in [0, 0.1) is 0 Å². The van der Waals surface area contributed by atoms with Gasteiger partial charge in [-0.25, -0.2) is 0 Å². The number of aliphatic hydroxyl groups is 1. The van der Waals surface area contributed by atoms with Gasteiger partial charge in [-0.05, 0) is 19.8 Å². The normalized spacial score (nSPS) is 15.3. The van der Waals surface area contributed by atoms with Crippen molar-refractivity contribution < 1.29 is 9.90 Å². The average Bonchev–Trinajstić information content (AvgIpc) is 2.10. The van der Waals surface area contributed by atoms with Gasteiger partial charge in [0.1, 0.15) is 0 Å². The van der Waals surface area contributed by atoms with E-state index in [-0.39, 0.29) is 12.6 Å². The van der Waals surface area contributed by atoms with Crippen LogP contribution >= 0.6 is 0 Å². The van der Waals surface area contributed by atoms with Crippen LogP contribution in [0.4, 0.5) is 0 Å². The van der Waals surface area contributed by atoms with E-state index in [0.29, 0.717) is 6.54 Å². The van der Waals surface area contributed by atoms with Crippen molar-refractivity contribution in [3.8, 4) is 0 Å². The van der Waals surface area contributed by atoms with E-state index in [1.54, 1.807) is 0 Å². The fourth-order valence-corrected chi connectivity index (χ4v) is 0.928. The Morgan fingerprint density at radius 1 is 1.62 bits per heavy atom. The van der Waals surface area contributed by atoms with Gasteiger partial charge in [0, 0.05) is 19.2 Å². The molecule has 0 aliphatic rings. The van der Waals surface area contributed by atoms with E-state index in [9.17, 15) is 4.79 Å². The molecule has 0 aliphatic heterocycles. The molecule has 0 heterocycles. The first-order valence-corrected chi connectivity index (χ1v) is 4.47. The Morgan fingerprint density at radius 3 is 2.69 bits per heavy atom.